The van der Waals surface area contributed by atoms with Crippen LogP contribution in [0.5, 0.6) is 5.75 Å². The normalized spacial score (nSPS) is 11.0. The Morgan fingerprint density at radius 2 is 2.00 bits per heavy atom. The third-order valence-corrected chi connectivity index (χ3v) is 4.78. The molecule has 0 saturated heterocycles. The molecule has 6 nitrogen and oxygen atoms in total. The summed E-state index contributed by atoms with van der Waals surface area (Å²) in [4.78, 5) is 8.58. The Morgan fingerprint density at radius 3 is 2.83 bits per heavy atom. The molecule has 148 valence electrons. The van der Waals surface area contributed by atoms with Gasteiger partial charge >= 0.3 is 0 Å². The first kappa shape index (κ1) is 19.2. The quantitative estimate of drug-likeness (QED) is 0.466. The molecule has 0 atom stereocenters. The van der Waals surface area contributed by atoms with Crippen LogP contribution >= 0.6 is 11.6 Å². The Hall–Kier alpha value is -3.16. The topological polar surface area (TPSA) is 72.2 Å². The molecule has 2 aromatic carbocycles. The minimum Gasteiger partial charge on any atom is -0.487 e. The van der Waals surface area contributed by atoms with Gasteiger partial charge in [0.05, 0.1) is 17.8 Å². The third-order valence-electron chi connectivity index (χ3n) is 4.39. The van der Waals surface area contributed by atoms with Crippen molar-refractivity contribution in [1.82, 2.24) is 14.5 Å². The van der Waals surface area contributed by atoms with Crippen molar-refractivity contribution in [1.29, 1.82) is 0 Å². The van der Waals surface area contributed by atoms with Crippen LogP contribution in [0.15, 0.2) is 61.1 Å². The molecule has 2 heterocycles. The van der Waals surface area contributed by atoms with E-state index in [9.17, 15) is 9.50 Å². The number of hydrogen-bond acceptors (Lipinski definition) is 5. The van der Waals surface area contributed by atoms with Crippen LogP contribution in [0.25, 0.3) is 11.0 Å². The van der Waals surface area contributed by atoms with Crippen molar-refractivity contribution in [3.8, 4) is 5.75 Å². The maximum atomic E-state index is 13.3. The number of rotatable bonds is 7. The Bertz CT molecular complexity index is 1150. The van der Waals surface area contributed by atoms with Crippen molar-refractivity contribution in [2.45, 2.75) is 13.2 Å². The lowest BCUT2D eigenvalue weighted by molar-refractivity contribution is 0.278. The average Bonchev–Trinajstić information content (AvgIpc) is 3.13. The summed E-state index contributed by atoms with van der Waals surface area (Å²) in [6.45, 7) is 0.621. The van der Waals surface area contributed by atoms with E-state index in [-0.39, 0.29) is 19.0 Å². The molecule has 4 rings (SSSR count). The molecule has 2 N–H and O–H groups in total. The van der Waals surface area contributed by atoms with Gasteiger partial charge in [-0.05, 0) is 35.9 Å². The maximum Gasteiger partial charge on any atom is 0.158 e. The first-order valence-electron chi connectivity index (χ1n) is 8.99. The van der Waals surface area contributed by atoms with E-state index >= 15 is 0 Å². The second-order valence-corrected chi connectivity index (χ2v) is 6.73. The second kappa shape index (κ2) is 8.46. The van der Waals surface area contributed by atoms with Crippen molar-refractivity contribution in [2.24, 2.45) is 0 Å². The number of aromatic nitrogens is 3. The van der Waals surface area contributed by atoms with Crippen LogP contribution in [-0.4, -0.2) is 26.2 Å². The minimum absolute atomic E-state index is 0.00226. The van der Waals surface area contributed by atoms with E-state index in [0.717, 1.165) is 11.0 Å². The van der Waals surface area contributed by atoms with Crippen molar-refractivity contribution in [3.63, 3.8) is 0 Å². The average molecular weight is 413 g/mol. The number of aliphatic hydroxyl groups excluding tert-OH is 1. The largest absolute Gasteiger partial charge is 0.487 e. The molecule has 4 aromatic rings. The summed E-state index contributed by atoms with van der Waals surface area (Å²) in [5, 5.41) is 12.9. The van der Waals surface area contributed by atoms with Crippen molar-refractivity contribution in [2.75, 3.05) is 11.9 Å². The Kier molecular flexibility index (Phi) is 5.59. The van der Waals surface area contributed by atoms with Crippen molar-refractivity contribution < 1.29 is 14.2 Å². The molecular weight excluding hydrogens is 395 g/mol. The zero-order chi connectivity index (χ0) is 20.2. The fourth-order valence-electron chi connectivity index (χ4n) is 3.05. The van der Waals surface area contributed by atoms with Crippen LogP contribution < -0.4 is 10.1 Å². The van der Waals surface area contributed by atoms with Gasteiger partial charge in [-0.2, -0.15) is 0 Å². The molecule has 0 spiro atoms. The smallest absolute Gasteiger partial charge is 0.158 e. The summed E-state index contributed by atoms with van der Waals surface area (Å²) in [6, 6.07) is 13.4. The zero-order valence-electron chi connectivity index (χ0n) is 15.3. The van der Waals surface area contributed by atoms with Crippen LogP contribution in [0.2, 0.25) is 5.02 Å². The van der Waals surface area contributed by atoms with Gasteiger partial charge in [0.15, 0.2) is 5.82 Å². The molecule has 0 radical (unpaired) electrons. The molecule has 0 aliphatic carbocycles. The monoisotopic (exact) mass is 412 g/mol. The lowest BCUT2D eigenvalue weighted by Gasteiger charge is -2.14. The molecule has 0 unspecified atom stereocenters. The number of hydrogen-bond donors (Lipinski definition) is 2. The first-order valence-corrected chi connectivity index (χ1v) is 9.37. The number of halogens is 2. The lowest BCUT2D eigenvalue weighted by Crippen LogP contribution is -2.04. The van der Waals surface area contributed by atoms with Gasteiger partial charge in [0, 0.05) is 12.7 Å². The summed E-state index contributed by atoms with van der Waals surface area (Å²) >= 11 is 6.53. The van der Waals surface area contributed by atoms with Gasteiger partial charge in [0.1, 0.15) is 35.0 Å². The highest BCUT2D eigenvalue weighted by Crippen LogP contribution is 2.35. The predicted molar refractivity (Wildman–Crippen MR) is 110 cm³/mol. The summed E-state index contributed by atoms with van der Waals surface area (Å²) < 4.78 is 21.0. The van der Waals surface area contributed by atoms with Gasteiger partial charge in [-0.1, -0.05) is 29.8 Å². The van der Waals surface area contributed by atoms with Crippen LogP contribution in [0.3, 0.4) is 0 Å². The first-order chi connectivity index (χ1) is 14.2. The van der Waals surface area contributed by atoms with E-state index in [2.05, 4.69) is 15.3 Å². The van der Waals surface area contributed by atoms with E-state index in [1.165, 1.54) is 18.5 Å². The lowest BCUT2D eigenvalue weighted by atomic mass is 10.2. The van der Waals surface area contributed by atoms with Crippen LogP contribution in [0.1, 0.15) is 5.56 Å². The highest BCUT2D eigenvalue weighted by Gasteiger charge is 2.13. The Morgan fingerprint density at radius 1 is 1.14 bits per heavy atom. The van der Waals surface area contributed by atoms with Gasteiger partial charge in [-0.15, -0.1) is 0 Å². The number of nitrogens with zero attached hydrogens (tertiary/aromatic N) is 3. The minimum atomic E-state index is -0.314. The van der Waals surface area contributed by atoms with E-state index in [1.54, 1.807) is 24.3 Å². The summed E-state index contributed by atoms with van der Waals surface area (Å²) in [7, 11) is 0. The van der Waals surface area contributed by atoms with E-state index in [4.69, 9.17) is 16.3 Å². The fraction of sp³-hybridized carbons (Fsp3) is 0.143. The van der Waals surface area contributed by atoms with E-state index in [0.29, 0.717) is 34.4 Å². The van der Waals surface area contributed by atoms with E-state index < -0.39 is 0 Å². The standard InChI is InChI=1S/C21H18ClFN4O2/c22-19-16(5-2-6-18(19)29-12-14-3-1-4-15(23)11-14)26-21-20-17(24-13-25-21)7-8-27(20)9-10-28/h1-8,11,13,28H,9-10,12H2,(H,24,25,26). The Labute approximate surface area is 171 Å². The van der Waals surface area contributed by atoms with Crippen LogP contribution in [-0.2, 0) is 13.2 Å². The predicted octanol–water partition coefficient (Wildman–Crippen LogP) is 4.54. The SMILES string of the molecule is OCCn1ccc2ncnc(Nc3cccc(OCc4cccc(F)c4)c3Cl)c21. The van der Waals surface area contributed by atoms with Gasteiger partial charge in [0.25, 0.3) is 0 Å². The molecular formula is C21H18ClFN4O2. The number of benzene rings is 2. The molecule has 0 aliphatic rings. The number of ether oxygens (including phenoxy) is 1. The van der Waals surface area contributed by atoms with Gasteiger partial charge in [-0.25, -0.2) is 14.4 Å². The molecule has 8 heteroatoms. The second-order valence-electron chi connectivity index (χ2n) is 6.35. The van der Waals surface area contributed by atoms with Gasteiger partial charge in [0.2, 0.25) is 0 Å². The van der Waals surface area contributed by atoms with Crippen LogP contribution in [0.4, 0.5) is 15.9 Å². The number of aliphatic hydroxyl groups is 1. The molecule has 0 fully saturated rings. The zero-order valence-corrected chi connectivity index (χ0v) is 16.1. The summed E-state index contributed by atoms with van der Waals surface area (Å²) in [6.07, 6.45) is 3.31. The van der Waals surface area contributed by atoms with Gasteiger partial charge in [-0.3, -0.25) is 0 Å². The number of fused-ring (bicyclic) bond motifs is 1. The van der Waals surface area contributed by atoms with Crippen LogP contribution in [0, 0.1) is 5.82 Å². The molecule has 2 aromatic heterocycles. The highest BCUT2D eigenvalue weighted by atomic mass is 35.5. The summed E-state index contributed by atoms with van der Waals surface area (Å²) in [5.41, 5.74) is 2.84. The van der Waals surface area contributed by atoms with E-state index in [1.807, 2.05) is 22.9 Å². The highest BCUT2D eigenvalue weighted by molar-refractivity contribution is 6.34. The number of anilines is 2. The molecule has 0 saturated carbocycles. The molecule has 0 amide bonds. The molecule has 0 aliphatic heterocycles. The third kappa shape index (κ3) is 4.16. The summed E-state index contributed by atoms with van der Waals surface area (Å²) in [5.74, 6) is 0.723. The number of nitrogens with one attached hydrogen (secondary N) is 1. The maximum absolute atomic E-state index is 13.3. The fourth-order valence-corrected chi connectivity index (χ4v) is 3.28. The van der Waals surface area contributed by atoms with Crippen molar-refractivity contribution in [3.05, 3.63) is 77.5 Å². The Balaban J connectivity index is 1.59. The van der Waals surface area contributed by atoms with Gasteiger partial charge < -0.3 is 19.7 Å². The molecule has 29 heavy (non-hydrogen) atoms. The van der Waals surface area contributed by atoms with Crippen molar-refractivity contribution >= 4 is 34.1 Å². The molecule has 0 bridgehead atoms.